The number of methoxy groups -OCH3 is 1. The second-order valence-corrected chi connectivity index (χ2v) is 6.87. The highest BCUT2D eigenvalue weighted by atomic mass is 79.9. The minimum absolute atomic E-state index is 0.795. The number of halogens is 2. The number of ether oxygens (including phenoxy) is 1. The molecule has 0 amide bonds. The van der Waals surface area contributed by atoms with Gasteiger partial charge in [-0.2, -0.15) is 0 Å². The standard InChI is InChI=1S/C12H11Br2NOS/c1-16-11-4-2-8(13)6-10(11)15-7-9-3-5-12(14)17-9/h2-6,15H,7H2,1H3. The van der Waals surface area contributed by atoms with Gasteiger partial charge in [0.25, 0.3) is 0 Å². The van der Waals surface area contributed by atoms with Crippen molar-refractivity contribution in [1.82, 2.24) is 0 Å². The molecule has 0 radical (unpaired) electrons. The van der Waals surface area contributed by atoms with E-state index in [1.807, 2.05) is 18.2 Å². The highest BCUT2D eigenvalue weighted by Crippen LogP contribution is 2.29. The molecular formula is C12H11Br2NOS. The molecular weight excluding hydrogens is 366 g/mol. The lowest BCUT2D eigenvalue weighted by atomic mass is 10.3. The van der Waals surface area contributed by atoms with Crippen LogP contribution in [0.4, 0.5) is 5.69 Å². The van der Waals surface area contributed by atoms with Gasteiger partial charge >= 0.3 is 0 Å². The Morgan fingerprint density at radius 3 is 2.71 bits per heavy atom. The SMILES string of the molecule is COc1ccc(Br)cc1NCc1ccc(Br)s1. The van der Waals surface area contributed by atoms with Crippen LogP contribution in [0.25, 0.3) is 0 Å². The molecule has 5 heteroatoms. The minimum atomic E-state index is 0.795. The monoisotopic (exact) mass is 375 g/mol. The first-order valence-corrected chi connectivity index (χ1v) is 7.41. The van der Waals surface area contributed by atoms with Crippen molar-refractivity contribution in [3.8, 4) is 5.75 Å². The van der Waals surface area contributed by atoms with Crippen LogP contribution in [0.15, 0.2) is 38.6 Å². The van der Waals surface area contributed by atoms with Gasteiger partial charge in [0.05, 0.1) is 16.6 Å². The van der Waals surface area contributed by atoms with Crippen LogP contribution in [0.1, 0.15) is 4.88 Å². The normalized spacial score (nSPS) is 10.3. The molecule has 2 rings (SSSR count). The average Bonchev–Trinajstić information content (AvgIpc) is 2.73. The summed E-state index contributed by atoms with van der Waals surface area (Å²) in [4.78, 5) is 1.28. The van der Waals surface area contributed by atoms with Crippen LogP contribution in [0.2, 0.25) is 0 Å². The summed E-state index contributed by atoms with van der Waals surface area (Å²) in [7, 11) is 1.68. The van der Waals surface area contributed by atoms with Gasteiger partial charge in [0.15, 0.2) is 0 Å². The Kier molecular flexibility index (Phi) is 4.48. The molecule has 17 heavy (non-hydrogen) atoms. The van der Waals surface area contributed by atoms with Crippen LogP contribution in [-0.2, 0) is 6.54 Å². The van der Waals surface area contributed by atoms with Gasteiger partial charge in [-0.05, 0) is 46.3 Å². The zero-order chi connectivity index (χ0) is 12.3. The number of thiophene rings is 1. The third kappa shape index (κ3) is 3.47. The van der Waals surface area contributed by atoms with Crippen molar-refractivity contribution in [1.29, 1.82) is 0 Å². The molecule has 2 nitrogen and oxygen atoms in total. The van der Waals surface area contributed by atoms with Crippen molar-refractivity contribution in [3.63, 3.8) is 0 Å². The maximum absolute atomic E-state index is 5.30. The predicted octanol–water partition coefficient (Wildman–Crippen LogP) is 4.89. The summed E-state index contributed by atoms with van der Waals surface area (Å²) in [5, 5.41) is 3.37. The highest BCUT2D eigenvalue weighted by Gasteiger charge is 2.04. The Hall–Kier alpha value is -0.520. The molecule has 1 aromatic carbocycles. The molecule has 90 valence electrons. The molecule has 0 aliphatic rings. The molecule has 0 aliphatic heterocycles. The van der Waals surface area contributed by atoms with E-state index in [0.717, 1.165) is 26.2 Å². The lowest BCUT2D eigenvalue weighted by Gasteiger charge is -2.10. The smallest absolute Gasteiger partial charge is 0.142 e. The van der Waals surface area contributed by atoms with Crippen molar-refractivity contribution in [2.24, 2.45) is 0 Å². The van der Waals surface area contributed by atoms with Crippen LogP contribution in [0.5, 0.6) is 5.75 Å². The Bertz CT molecular complexity index is 513. The number of hydrogen-bond acceptors (Lipinski definition) is 3. The van der Waals surface area contributed by atoms with Crippen molar-refractivity contribution < 1.29 is 4.74 Å². The van der Waals surface area contributed by atoms with Gasteiger partial charge in [-0.15, -0.1) is 11.3 Å². The third-order valence-electron chi connectivity index (χ3n) is 2.24. The maximum atomic E-state index is 5.30. The van der Waals surface area contributed by atoms with E-state index in [1.54, 1.807) is 18.4 Å². The van der Waals surface area contributed by atoms with Gasteiger partial charge in [0.2, 0.25) is 0 Å². The largest absolute Gasteiger partial charge is 0.495 e. The minimum Gasteiger partial charge on any atom is -0.495 e. The molecule has 0 aliphatic carbocycles. The molecule has 0 saturated heterocycles. The number of nitrogens with one attached hydrogen (secondary N) is 1. The molecule has 1 heterocycles. The van der Waals surface area contributed by atoms with Crippen molar-refractivity contribution >= 4 is 48.9 Å². The second kappa shape index (κ2) is 5.89. The number of benzene rings is 1. The van der Waals surface area contributed by atoms with E-state index in [-0.39, 0.29) is 0 Å². The van der Waals surface area contributed by atoms with E-state index in [4.69, 9.17) is 4.74 Å². The van der Waals surface area contributed by atoms with Gasteiger partial charge in [0.1, 0.15) is 5.75 Å². The average molecular weight is 377 g/mol. The number of rotatable bonds is 4. The zero-order valence-corrected chi connectivity index (χ0v) is 13.2. The molecule has 0 atom stereocenters. The Morgan fingerprint density at radius 2 is 2.06 bits per heavy atom. The second-order valence-electron chi connectivity index (χ2n) is 3.40. The van der Waals surface area contributed by atoms with Crippen LogP contribution in [-0.4, -0.2) is 7.11 Å². The summed E-state index contributed by atoms with van der Waals surface area (Å²) in [5.41, 5.74) is 0.992. The van der Waals surface area contributed by atoms with Crippen molar-refractivity contribution in [3.05, 3.63) is 43.5 Å². The van der Waals surface area contributed by atoms with Gasteiger partial charge in [0, 0.05) is 15.9 Å². The molecule has 1 aromatic heterocycles. The Morgan fingerprint density at radius 1 is 1.24 bits per heavy atom. The lowest BCUT2D eigenvalue weighted by molar-refractivity contribution is 0.416. The van der Waals surface area contributed by atoms with Gasteiger partial charge in [-0.1, -0.05) is 15.9 Å². The number of anilines is 1. The maximum Gasteiger partial charge on any atom is 0.142 e. The van der Waals surface area contributed by atoms with E-state index < -0.39 is 0 Å². The van der Waals surface area contributed by atoms with Crippen LogP contribution >= 0.6 is 43.2 Å². The Balaban J connectivity index is 2.10. The summed E-state index contributed by atoms with van der Waals surface area (Å²) in [6.07, 6.45) is 0. The molecule has 0 fully saturated rings. The Labute approximate surface area is 121 Å². The summed E-state index contributed by atoms with van der Waals surface area (Å²) in [6.45, 7) is 0.795. The van der Waals surface area contributed by atoms with E-state index in [2.05, 4.69) is 49.3 Å². The molecule has 0 spiro atoms. The van der Waals surface area contributed by atoms with Gasteiger partial charge in [-0.3, -0.25) is 0 Å². The first kappa shape index (κ1) is 12.9. The third-order valence-corrected chi connectivity index (χ3v) is 4.36. The van der Waals surface area contributed by atoms with E-state index >= 15 is 0 Å². The predicted molar refractivity (Wildman–Crippen MR) is 80.0 cm³/mol. The first-order valence-electron chi connectivity index (χ1n) is 5.00. The van der Waals surface area contributed by atoms with Crippen LogP contribution < -0.4 is 10.1 Å². The van der Waals surface area contributed by atoms with Crippen LogP contribution in [0.3, 0.4) is 0 Å². The first-order chi connectivity index (χ1) is 8.19. The van der Waals surface area contributed by atoms with E-state index in [9.17, 15) is 0 Å². The lowest BCUT2D eigenvalue weighted by Crippen LogP contribution is -1.99. The zero-order valence-electron chi connectivity index (χ0n) is 9.17. The highest BCUT2D eigenvalue weighted by molar-refractivity contribution is 9.11. The molecule has 0 saturated carbocycles. The van der Waals surface area contributed by atoms with Crippen LogP contribution in [0, 0.1) is 0 Å². The summed E-state index contributed by atoms with van der Waals surface area (Å²) in [5.74, 6) is 0.851. The van der Waals surface area contributed by atoms with Crippen molar-refractivity contribution in [2.45, 2.75) is 6.54 Å². The summed E-state index contributed by atoms with van der Waals surface area (Å²) < 4.78 is 7.49. The van der Waals surface area contributed by atoms with Gasteiger partial charge < -0.3 is 10.1 Å². The molecule has 0 bridgehead atoms. The fraction of sp³-hybridized carbons (Fsp3) is 0.167. The topological polar surface area (TPSA) is 21.3 Å². The van der Waals surface area contributed by atoms with Crippen molar-refractivity contribution in [2.75, 3.05) is 12.4 Å². The summed E-state index contributed by atoms with van der Waals surface area (Å²) in [6, 6.07) is 10.1. The fourth-order valence-corrected chi connectivity index (χ4v) is 3.23. The quantitative estimate of drug-likeness (QED) is 0.819. The number of hydrogen-bond donors (Lipinski definition) is 1. The fourth-order valence-electron chi connectivity index (χ4n) is 1.45. The van der Waals surface area contributed by atoms with Gasteiger partial charge in [-0.25, -0.2) is 0 Å². The van der Waals surface area contributed by atoms with E-state index in [0.29, 0.717) is 0 Å². The molecule has 0 unspecified atom stereocenters. The van der Waals surface area contributed by atoms with E-state index in [1.165, 1.54) is 4.88 Å². The summed E-state index contributed by atoms with van der Waals surface area (Å²) >= 11 is 8.64. The molecule has 1 N–H and O–H groups in total. The molecule has 2 aromatic rings.